The van der Waals surface area contributed by atoms with Crippen molar-refractivity contribution >= 4 is 22.9 Å². The highest BCUT2D eigenvalue weighted by Gasteiger charge is 2.46. The van der Waals surface area contributed by atoms with Crippen LogP contribution in [0.5, 0.6) is 5.75 Å². The van der Waals surface area contributed by atoms with Crippen LogP contribution in [-0.4, -0.2) is 87.7 Å². The van der Waals surface area contributed by atoms with E-state index in [1.165, 1.54) is 12.7 Å². The molecule has 2 aromatic heterocycles. The van der Waals surface area contributed by atoms with Crippen LogP contribution >= 0.6 is 0 Å². The predicted molar refractivity (Wildman–Crippen MR) is 123 cm³/mol. The maximum absolute atomic E-state index is 12.8. The van der Waals surface area contributed by atoms with Crippen LogP contribution in [0.2, 0.25) is 0 Å². The number of imidazole rings is 1. The number of anilines is 1. The minimum Gasteiger partial charge on any atom is -0.497 e. The molecule has 3 aromatic rings. The lowest BCUT2D eigenvalue weighted by Crippen LogP contribution is -2.53. The number of carbonyl (C=O) groups excluding carboxylic acids is 1. The Bertz CT molecular complexity index is 1140. The fraction of sp³-hybridized carbons (Fsp3) is 0.455. The van der Waals surface area contributed by atoms with Gasteiger partial charge in [-0.1, -0.05) is 12.1 Å². The summed E-state index contributed by atoms with van der Waals surface area (Å²) in [6, 6.07) is 5.52. The Morgan fingerprint density at radius 2 is 2.03 bits per heavy atom. The number of carbonyl (C=O) groups is 1. The maximum Gasteiger partial charge on any atom is 0.237 e. The summed E-state index contributed by atoms with van der Waals surface area (Å²) in [6.07, 6.45) is 0.250. The summed E-state index contributed by atoms with van der Waals surface area (Å²) < 4.78 is 12.6. The van der Waals surface area contributed by atoms with Gasteiger partial charge in [-0.05, 0) is 24.1 Å². The van der Waals surface area contributed by atoms with Gasteiger partial charge in [0.25, 0.3) is 0 Å². The van der Waals surface area contributed by atoms with Crippen LogP contribution in [0.1, 0.15) is 11.8 Å². The number of nitrogens with two attached hydrogens (primary N) is 1. The van der Waals surface area contributed by atoms with Crippen molar-refractivity contribution in [3.63, 3.8) is 0 Å². The van der Waals surface area contributed by atoms with Gasteiger partial charge in [0.15, 0.2) is 23.2 Å². The molecule has 0 unspecified atom stereocenters. The minimum absolute atomic E-state index is 0.295. The molecule has 12 heteroatoms. The summed E-state index contributed by atoms with van der Waals surface area (Å²) in [5, 5.41) is 23.6. The third-order valence-corrected chi connectivity index (χ3v) is 5.85. The van der Waals surface area contributed by atoms with E-state index in [0.29, 0.717) is 29.2 Å². The second kappa shape index (κ2) is 9.89. The van der Waals surface area contributed by atoms with Crippen LogP contribution in [0.4, 0.5) is 5.82 Å². The lowest BCUT2D eigenvalue weighted by Gasteiger charge is -2.23. The minimum atomic E-state index is -1.18. The normalized spacial score (nSPS) is 23.1. The number of nitrogens with one attached hydrogen (secondary N) is 1. The first kappa shape index (κ1) is 23.8. The summed E-state index contributed by atoms with van der Waals surface area (Å²) >= 11 is 0. The molecule has 1 amide bonds. The number of amides is 1. The summed E-state index contributed by atoms with van der Waals surface area (Å²) in [6.45, 7) is -0.406. The number of aliphatic hydroxyl groups excluding tert-OH is 2. The summed E-state index contributed by atoms with van der Waals surface area (Å²) in [5.74, 6) is 0.861. The van der Waals surface area contributed by atoms with E-state index in [-0.39, 0.29) is 0 Å². The Balaban J connectivity index is 1.49. The second-order valence-electron chi connectivity index (χ2n) is 8.35. The zero-order valence-electron chi connectivity index (χ0n) is 19.2. The molecule has 0 radical (unpaired) electrons. The van der Waals surface area contributed by atoms with Gasteiger partial charge < -0.3 is 35.6 Å². The number of aromatic nitrogens is 4. The van der Waals surface area contributed by atoms with E-state index in [9.17, 15) is 15.0 Å². The average Bonchev–Trinajstić information content (AvgIpc) is 3.40. The smallest absolute Gasteiger partial charge is 0.237 e. The molecule has 1 saturated heterocycles. The van der Waals surface area contributed by atoms with Crippen molar-refractivity contribution in [2.45, 2.75) is 36.9 Å². The fourth-order valence-corrected chi connectivity index (χ4v) is 4.04. The lowest BCUT2D eigenvalue weighted by molar-refractivity contribution is -0.124. The number of ether oxygens (including phenoxy) is 2. The van der Waals surface area contributed by atoms with Gasteiger partial charge in [0.05, 0.1) is 32.1 Å². The van der Waals surface area contributed by atoms with E-state index in [1.807, 2.05) is 26.2 Å². The molecule has 182 valence electrons. The first-order valence-corrected chi connectivity index (χ1v) is 10.8. The molecule has 0 aliphatic carbocycles. The van der Waals surface area contributed by atoms with Gasteiger partial charge in [-0.25, -0.2) is 15.0 Å². The van der Waals surface area contributed by atoms with Crippen LogP contribution in [0.25, 0.3) is 11.2 Å². The van der Waals surface area contributed by atoms with Crippen molar-refractivity contribution < 1.29 is 24.5 Å². The van der Waals surface area contributed by atoms with Gasteiger partial charge in [-0.3, -0.25) is 9.36 Å². The highest BCUT2D eigenvalue weighted by molar-refractivity contribution is 5.83. The molecule has 12 nitrogen and oxygen atoms in total. The number of benzene rings is 1. The number of nitrogens with zero attached hydrogens (tertiary/aromatic N) is 5. The molecule has 0 bridgehead atoms. The molecule has 5 atom stereocenters. The monoisotopic (exact) mass is 471 g/mol. The molecule has 1 aliphatic heterocycles. The first-order valence-electron chi connectivity index (χ1n) is 10.8. The largest absolute Gasteiger partial charge is 0.497 e. The molecular formula is C22H29N7O5. The van der Waals surface area contributed by atoms with Gasteiger partial charge in [-0.15, -0.1) is 0 Å². The number of aliphatic hydroxyl groups is 2. The summed E-state index contributed by atoms with van der Waals surface area (Å²) in [4.78, 5) is 27.5. The highest BCUT2D eigenvalue weighted by atomic mass is 16.5. The standard InChI is InChI=1S/C22H29N7O5/c1-28(2)19-17-20(25-10-24-19)29(11-26-17)22-18(31)16(15(9-30)34-22)27-21(32)14(23)8-12-4-6-13(33-3)7-5-12/h4-7,10-11,14-16,18,22,30-31H,8-9,23H2,1-3H3,(H,27,32)/t14-,15-,16+,18+,22+/m0/s1. The van der Waals surface area contributed by atoms with Gasteiger partial charge >= 0.3 is 0 Å². The zero-order valence-corrected chi connectivity index (χ0v) is 19.2. The second-order valence-corrected chi connectivity index (χ2v) is 8.35. The Labute approximate surface area is 196 Å². The molecule has 1 aliphatic rings. The van der Waals surface area contributed by atoms with Crippen LogP contribution in [-0.2, 0) is 16.0 Å². The first-order chi connectivity index (χ1) is 16.3. The van der Waals surface area contributed by atoms with E-state index in [4.69, 9.17) is 15.2 Å². The topological polar surface area (TPSA) is 161 Å². The van der Waals surface area contributed by atoms with Crippen LogP contribution < -0.4 is 20.7 Å². The summed E-state index contributed by atoms with van der Waals surface area (Å²) in [5.41, 5.74) is 7.98. The number of fused-ring (bicyclic) bond motifs is 1. The summed E-state index contributed by atoms with van der Waals surface area (Å²) in [7, 11) is 5.25. The van der Waals surface area contributed by atoms with Gasteiger partial charge in [-0.2, -0.15) is 0 Å². The number of hydrogen-bond acceptors (Lipinski definition) is 10. The lowest BCUT2D eigenvalue weighted by atomic mass is 10.0. The predicted octanol–water partition coefficient (Wildman–Crippen LogP) is -0.794. The Kier molecular flexibility index (Phi) is 6.93. The fourth-order valence-electron chi connectivity index (χ4n) is 4.04. The van der Waals surface area contributed by atoms with Gasteiger partial charge in [0.2, 0.25) is 5.91 Å². The molecule has 5 N–H and O–H groups in total. The van der Waals surface area contributed by atoms with Crippen molar-refractivity contribution in [1.29, 1.82) is 0 Å². The number of methoxy groups -OCH3 is 1. The third-order valence-electron chi connectivity index (χ3n) is 5.85. The van der Waals surface area contributed by atoms with Crippen molar-refractivity contribution in [3.05, 3.63) is 42.5 Å². The van der Waals surface area contributed by atoms with Crippen LogP contribution in [0, 0.1) is 0 Å². The van der Waals surface area contributed by atoms with Gasteiger partial charge in [0, 0.05) is 14.1 Å². The van der Waals surface area contributed by atoms with Crippen LogP contribution in [0.3, 0.4) is 0 Å². The Morgan fingerprint density at radius 1 is 1.29 bits per heavy atom. The molecule has 3 heterocycles. The molecule has 4 rings (SSSR count). The zero-order chi connectivity index (χ0) is 24.4. The average molecular weight is 472 g/mol. The van der Waals surface area contributed by atoms with Crippen molar-refractivity contribution in [1.82, 2.24) is 24.8 Å². The van der Waals surface area contributed by atoms with E-state index < -0.39 is 43.0 Å². The SMILES string of the molecule is COc1ccc(C[C@H](N)C(=O)N[C@H]2[C@@H](O)[C@H](n3cnc4c(N(C)C)ncnc43)O[C@H]2CO)cc1. The van der Waals surface area contributed by atoms with E-state index in [0.717, 1.165) is 5.56 Å². The number of hydrogen-bond donors (Lipinski definition) is 4. The van der Waals surface area contributed by atoms with Crippen molar-refractivity contribution in [2.24, 2.45) is 5.73 Å². The third kappa shape index (κ3) is 4.53. The van der Waals surface area contributed by atoms with E-state index >= 15 is 0 Å². The van der Waals surface area contributed by atoms with Gasteiger partial charge in [0.1, 0.15) is 24.3 Å². The Morgan fingerprint density at radius 3 is 2.68 bits per heavy atom. The molecular weight excluding hydrogens is 442 g/mol. The number of rotatable bonds is 8. The van der Waals surface area contributed by atoms with E-state index in [2.05, 4.69) is 20.3 Å². The quantitative estimate of drug-likeness (QED) is 0.328. The van der Waals surface area contributed by atoms with Crippen molar-refractivity contribution in [2.75, 3.05) is 32.7 Å². The Hall–Kier alpha value is -3.32. The van der Waals surface area contributed by atoms with Crippen LogP contribution in [0.15, 0.2) is 36.9 Å². The molecule has 1 fully saturated rings. The van der Waals surface area contributed by atoms with E-state index in [1.54, 1.807) is 28.7 Å². The van der Waals surface area contributed by atoms with Crippen molar-refractivity contribution in [3.8, 4) is 5.75 Å². The molecule has 34 heavy (non-hydrogen) atoms. The maximum atomic E-state index is 12.8. The molecule has 0 saturated carbocycles. The highest BCUT2D eigenvalue weighted by Crippen LogP contribution is 2.32. The molecule has 1 aromatic carbocycles. The molecule has 0 spiro atoms.